The molecule has 0 radical (unpaired) electrons. The molecule has 1 amide bonds. The number of aromatic nitrogens is 1. The van der Waals surface area contributed by atoms with Crippen LogP contribution < -0.4 is 10.1 Å². The molecule has 0 saturated heterocycles. The molecule has 0 bridgehead atoms. The Morgan fingerprint density at radius 1 is 1.33 bits per heavy atom. The molecule has 24 heavy (non-hydrogen) atoms. The molecule has 6 heteroatoms. The van der Waals surface area contributed by atoms with E-state index in [4.69, 9.17) is 9.26 Å². The molecule has 0 aliphatic carbocycles. The van der Waals surface area contributed by atoms with Crippen LogP contribution in [0.15, 0.2) is 28.8 Å². The number of methoxy groups -OCH3 is 1. The lowest BCUT2D eigenvalue weighted by Crippen LogP contribution is -2.29. The number of ether oxygens (including phenoxy) is 1. The van der Waals surface area contributed by atoms with Gasteiger partial charge in [-0.2, -0.15) is 0 Å². The van der Waals surface area contributed by atoms with Crippen LogP contribution in [0.5, 0.6) is 5.75 Å². The van der Waals surface area contributed by atoms with E-state index < -0.39 is 0 Å². The Morgan fingerprint density at radius 3 is 2.58 bits per heavy atom. The molecular formula is C18H24N2O3S. The van der Waals surface area contributed by atoms with Crippen molar-refractivity contribution in [3.8, 4) is 5.75 Å². The summed E-state index contributed by atoms with van der Waals surface area (Å²) in [7, 11) is 1.64. The van der Waals surface area contributed by atoms with E-state index in [1.54, 1.807) is 18.9 Å². The Labute approximate surface area is 147 Å². The number of hydrogen-bond acceptors (Lipinski definition) is 5. The molecule has 0 aliphatic heterocycles. The Hall–Kier alpha value is -1.95. The highest BCUT2D eigenvalue weighted by atomic mass is 32.2. The van der Waals surface area contributed by atoms with Gasteiger partial charge < -0.3 is 14.6 Å². The summed E-state index contributed by atoms with van der Waals surface area (Å²) in [5, 5.41) is 7.02. The maximum absolute atomic E-state index is 12.2. The van der Waals surface area contributed by atoms with Crippen LogP contribution >= 0.6 is 11.8 Å². The van der Waals surface area contributed by atoms with Crippen LogP contribution in [0.1, 0.15) is 42.0 Å². The van der Waals surface area contributed by atoms with Gasteiger partial charge >= 0.3 is 0 Å². The number of hydrogen-bond donors (Lipinski definition) is 1. The molecule has 130 valence electrons. The summed E-state index contributed by atoms with van der Waals surface area (Å²) in [6, 6.07) is 7.82. The minimum absolute atomic E-state index is 0.0167. The van der Waals surface area contributed by atoms with E-state index in [1.807, 2.05) is 38.1 Å². The molecule has 1 aromatic heterocycles. The van der Waals surface area contributed by atoms with Crippen molar-refractivity contribution in [2.75, 3.05) is 12.9 Å². The Morgan fingerprint density at radius 2 is 2.04 bits per heavy atom. The van der Waals surface area contributed by atoms with Gasteiger partial charge in [-0.25, -0.2) is 0 Å². The molecule has 5 nitrogen and oxygen atoms in total. The van der Waals surface area contributed by atoms with E-state index in [2.05, 4.69) is 17.4 Å². The summed E-state index contributed by atoms with van der Waals surface area (Å²) in [6.45, 7) is 5.88. The molecule has 1 N–H and O–H groups in total. The molecule has 0 fully saturated rings. The number of amides is 1. The number of benzene rings is 1. The third kappa shape index (κ3) is 4.77. The maximum Gasteiger partial charge on any atom is 0.230 e. The molecule has 1 aromatic carbocycles. The summed E-state index contributed by atoms with van der Waals surface area (Å²) in [4.78, 5) is 12.2. The zero-order valence-corrected chi connectivity index (χ0v) is 15.4. The number of carbonyl (C=O) groups is 1. The zero-order chi connectivity index (χ0) is 17.5. The smallest absolute Gasteiger partial charge is 0.230 e. The topological polar surface area (TPSA) is 64.4 Å². The molecule has 0 saturated carbocycles. The number of nitrogens with one attached hydrogen (secondary N) is 1. The molecular weight excluding hydrogens is 324 g/mol. The first-order chi connectivity index (χ1) is 11.5. The highest BCUT2D eigenvalue weighted by Crippen LogP contribution is 2.22. The quantitative estimate of drug-likeness (QED) is 0.786. The molecule has 1 atom stereocenters. The summed E-state index contributed by atoms with van der Waals surface area (Å²) >= 11 is 1.57. The summed E-state index contributed by atoms with van der Waals surface area (Å²) in [5.41, 5.74) is 3.06. The number of aryl methyl sites for hydroxylation is 2. The van der Waals surface area contributed by atoms with Gasteiger partial charge in [0, 0.05) is 11.3 Å². The van der Waals surface area contributed by atoms with Crippen molar-refractivity contribution in [1.82, 2.24) is 10.5 Å². The number of thioether (sulfide) groups is 1. The van der Waals surface area contributed by atoms with Crippen LogP contribution in [0.25, 0.3) is 0 Å². The van der Waals surface area contributed by atoms with Crippen LogP contribution in [0.4, 0.5) is 0 Å². The van der Waals surface area contributed by atoms with Crippen LogP contribution in [0.2, 0.25) is 0 Å². The normalized spacial score (nSPS) is 12.0. The van der Waals surface area contributed by atoms with Gasteiger partial charge in [-0.1, -0.05) is 24.2 Å². The van der Waals surface area contributed by atoms with Crippen LogP contribution in [-0.4, -0.2) is 23.9 Å². The third-order valence-electron chi connectivity index (χ3n) is 3.92. The Balaban J connectivity index is 1.85. The Kier molecular flexibility index (Phi) is 6.73. The van der Waals surface area contributed by atoms with E-state index in [-0.39, 0.29) is 11.9 Å². The predicted octanol–water partition coefficient (Wildman–Crippen LogP) is 3.80. The zero-order valence-electron chi connectivity index (χ0n) is 14.6. The van der Waals surface area contributed by atoms with Crippen molar-refractivity contribution in [1.29, 1.82) is 0 Å². The van der Waals surface area contributed by atoms with Crippen molar-refractivity contribution < 1.29 is 14.1 Å². The van der Waals surface area contributed by atoms with Crippen LogP contribution in [-0.2, 0) is 10.5 Å². The second kappa shape index (κ2) is 8.78. The molecule has 2 aromatic rings. The minimum atomic E-state index is 0.0167. The standard InChI is InChI=1S/C18H24N2O3S/c1-5-17(14-6-8-15(22-4)9-7-14)19-18(21)11-24-10-16-12(2)20-23-13(16)3/h6-9,17H,5,10-11H2,1-4H3,(H,19,21). The van der Waals surface area contributed by atoms with Crippen molar-refractivity contribution in [2.24, 2.45) is 0 Å². The van der Waals surface area contributed by atoms with Crippen molar-refractivity contribution in [3.63, 3.8) is 0 Å². The van der Waals surface area contributed by atoms with Gasteiger partial charge in [0.25, 0.3) is 0 Å². The number of nitrogens with zero attached hydrogens (tertiary/aromatic N) is 1. The lowest BCUT2D eigenvalue weighted by atomic mass is 10.0. The fraction of sp³-hybridized carbons (Fsp3) is 0.444. The summed E-state index contributed by atoms with van der Waals surface area (Å²) in [6.07, 6.45) is 0.840. The number of rotatable bonds is 8. The van der Waals surface area contributed by atoms with Crippen molar-refractivity contribution in [2.45, 2.75) is 39.0 Å². The first-order valence-electron chi connectivity index (χ1n) is 7.98. The van der Waals surface area contributed by atoms with Gasteiger partial charge in [0.05, 0.1) is 24.6 Å². The third-order valence-corrected chi connectivity index (χ3v) is 4.88. The average Bonchev–Trinajstić information content (AvgIpc) is 2.91. The first-order valence-corrected chi connectivity index (χ1v) is 9.13. The largest absolute Gasteiger partial charge is 0.497 e. The highest BCUT2D eigenvalue weighted by molar-refractivity contribution is 7.99. The van der Waals surface area contributed by atoms with Crippen molar-refractivity contribution >= 4 is 17.7 Å². The van der Waals surface area contributed by atoms with Crippen LogP contribution in [0, 0.1) is 13.8 Å². The van der Waals surface area contributed by atoms with Gasteiger partial charge in [0.2, 0.25) is 5.91 Å². The maximum atomic E-state index is 12.2. The van der Waals surface area contributed by atoms with Gasteiger partial charge in [-0.05, 0) is 38.0 Å². The second-order valence-corrected chi connectivity index (χ2v) is 6.58. The SMILES string of the molecule is CCC(NC(=O)CSCc1c(C)noc1C)c1ccc(OC)cc1. The first kappa shape index (κ1) is 18.4. The van der Waals surface area contributed by atoms with Gasteiger partial charge in [-0.3, -0.25) is 4.79 Å². The Bertz CT molecular complexity index is 648. The van der Waals surface area contributed by atoms with E-state index in [0.29, 0.717) is 5.75 Å². The van der Waals surface area contributed by atoms with Crippen molar-refractivity contribution in [3.05, 3.63) is 46.8 Å². The summed E-state index contributed by atoms with van der Waals surface area (Å²) < 4.78 is 10.3. The van der Waals surface area contributed by atoms with Gasteiger partial charge in [0.1, 0.15) is 11.5 Å². The second-order valence-electron chi connectivity index (χ2n) is 5.60. The highest BCUT2D eigenvalue weighted by Gasteiger charge is 2.14. The fourth-order valence-corrected chi connectivity index (χ4v) is 3.43. The molecule has 2 rings (SSSR count). The number of carbonyl (C=O) groups excluding carboxylic acids is 1. The van der Waals surface area contributed by atoms with E-state index in [0.717, 1.165) is 40.5 Å². The minimum Gasteiger partial charge on any atom is -0.497 e. The molecule has 0 spiro atoms. The molecule has 1 heterocycles. The van der Waals surface area contributed by atoms with E-state index in [1.165, 1.54) is 0 Å². The van der Waals surface area contributed by atoms with E-state index in [9.17, 15) is 4.79 Å². The lowest BCUT2D eigenvalue weighted by Gasteiger charge is -2.17. The molecule has 1 unspecified atom stereocenters. The average molecular weight is 348 g/mol. The fourth-order valence-electron chi connectivity index (χ4n) is 2.45. The van der Waals surface area contributed by atoms with Gasteiger partial charge in [-0.15, -0.1) is 11.8 Å². The summed E-state index contributed by atoms with van der Waals surface area (Å²) in [5.74, 6) is 2.82. The molecule has 0 aliphatic rings. The van der Waals surface area contributed by atoms with E-state index >= 15 is 0 Å². The van der Waals surface area contributed by atoms with Gasteiger partial charge in [0.15, 0.2) is 0 Å². The lowest BCUT2D eigenvalue weighted by molar-refractivity contribution is -0.119. The van der Waals surface area contributed by atoms with Crippen LogP contribution in [0.3, 0.4) is 0 Å². The predicted molar refractivity (Wildman–Crippen MR) is 96.3 cm³/mol. The monoisotopic (exact) mass is 348 g/mol.